The molecule has 2 heterocycles. The van der Waals surface area contributed by atoms with Gasteiger partial charge in [-0.05, 0) is 50.8 Å². The topological polar surface area (TPSA) is 65.0 Å². The van der Waals surface area contributed by atoms with Gasteiger partial charge in [0.15, 0.2) is 5.96 Å². The lowest BCUT2D eigenvalue weighted by Gasteiger charge is -2.31. The number of likely N-dealkylation sites (N-methyl/N-ethyl adjacent to an activating group) is 1. The smallest absolute Gasteiger partial charge is 0.191 e. The molecule has 1 saturated heterocycles. The molecule has 0 aliphatic carbocycles. The van der Waals surface area contributed by atoms with E-state index in [-0.39, 0.29) is 24.0 Å². The number of aromatic nitrogens is 1. The SMILES string of the molecule is CCNC(=NCc1ccc(N2CCC(C)CC2)nc1)NCCN(C)CCCOC.I. The maximum atomic E-state index is 5.11. The molecular weight excluding hydrogens is 491 g/mol. The number of aliphatic imine (C=N–C) groups is 1. The summed E-state index contributed by atoms with van der Waals surface area (Å²) in [5.41, 5.74) is 1.13. The van der Waals surface area contributed by atoms with Crippen molar-refractivity contribution in [3.63, 3.8) is 0 Å². The van der Waals surface area contributed by atoms with E-state index in [1.165, 1.54) is 12.8 Å². The summed E-state index contributed by atoms with van der Waals surface area (Å²) in [6.07, 6.45) is 5.53. The third kappa shape index (κ3) is 10.3. The largest absolute Gasteiger partial charge is 0.385 e. The minimum absolute atomic E-state index is 0. The van der Waals surface area contributed by atoms with E-state index in [4.69, 9.17) is 9.73 Å². The molecule has 0 saturated carbocycles. The normalized spacial score (nSPS) is 15.2. The maximum absolute atomic E-state index is 5.11. The fourth-order valence-corrected chi connectivity index (χ4v) is 3.40. The second kappa shape index (κ2) is 15.6. The van der Waals surface area contributed by atoms with Crippen molar-refractivity contribution >= 4 is 35.8 Å². The van der Waals surface area contributed by atoms with E-state index in [9.17, 15) is 0 Å². The minimum atomic E-state index is 0. The Bertz CT molecular complexity index is 590. The van der Waals surface area contributed by atoms with Crippen molar-refractivity contribution in [1.82, 2.24) is 20.5 Å². The summed E-state index contributed by atoms with van der Waals surface area (Å²) >= 11 is 0. The number of methoxy groups -OCH3 is 1. The molecule has 2 N–H and O–H groups in total. The van der Waals surface area contributed by atoms with Crippen molar-refractivity contribution in [2.24, 2.45) is 10.9 Å². The maximum Gasteiger partial charge on any atom is 0.191 e. The molecule has 1 aliphatic heterocycles. The highest BCUT2D eigenvalue weighted by Crippen LogP contribution is 2.21. The highest BCUT2D eigenvalue weighted by atomic mass is 127. The first kappa shape index (κ1) is 26.9. The summed E-state index contributed by atoms with van der Waals surface area (Å²) in [5, 5.41) is 6.73. The average Bonchev–Trinajstić information content (AvgIpc) is 2.73. The van der Waals surface area contributed by atoms with Crippen LogP contribution < -0.4 is 15.5 Å². The van der Waals surface area contributed by atoms with Gasteiger partial charge in [0.1, 0.15) is 5.82 Å². The van der Waals surface area contributed by atoms with Crippen LogP contribution in [0, 0.1) is 5.92 Å². The van der Waals surface area contributed by atoms with Gasteiger partial charge in [-0.3, -0.25) is 0 Å². The Balaban J connectivity index is 0.00000450. The first-order valence-corrected chi connectivity index (χ1v) is 11.0. The molecule has 1 aromatic rings. The van der Waals surface area contributed by atoms with Gasteiger partial charge in [-0.25, -0.2) is 9.98 Å². The second-order valence-corrected chi connectivity index (χ2v) is 7.97. The minimum Gasteiger partial charge on any atom is -0.385 e. The van der Waals surface area contributed by atoms with Crippen LogP contribution in [-0.2, 0) is 11.3 Å². The van der Waals surface area contributed by atoms with Gasteiger partial charge in [0.2, 0.25) is 0 Å². The predicted molar refractivity (Wildman–Crippen MR) is 137 cm³/mol. The molecule has 0 amide bonds. The molecule has 0 bridgehead atoms. The summed E-state index contributed by atoms with van der Waals surface area (Å²) in [4.78, 5) is 14.1. The molecule has 0 atom stereocenters. The molecule has 7 nitrogen and oxygen atoms in total. The van der Waals surface area contributed by atoms with Gasteiger partial charge in [-0.1, -0.05) is 13.0 Å². The van der Waals surface area contributed by atoms with Crippen LogP contribution >= 0.6 is 24.0 Å². The summed E-state index contributed by atoms with van der Waals surface area (Å²) < 4.78 is 5.11. The van der Waals surface area contributed by atoms with Crippen molar-refractivity contribution < 1.29 is 4.74 Å². The van der Waals surface area contributed by atoms with E-state index in [1.807, 2.05) is 6.20 Å². The Labute approximate surface area is 200 Å². The molecule has 0 aromatic carbocycles. The van der Waals surface area contributed by atoms with Crippen LogP contribution in [-0.4, -0.2) is 75.9 Å². The van der Waals surface area contributed by atoms with Crippen molar-refractivity contribution in [2.45, 2.75) is 39.7 Å². The molecule has 0 unspecified atom stereocenters. The lowest BCUT2D eigenvalue weighted by atomic mass is 9.99. The number of halogens is 1. The first-order valence-electron chi connectivity index (χ1n) is 11.0. The Kier molecular flexibility index (Phi) is 14.0. The monoisotopic (exact) mass is 532 g/mol. The van der Waals surface area contributed by atoms with E-state index in [1.54, 1.807) is 7.11 Å². The number of guanidine groups is 1. The summed E-state index contributed by atoms with van der Waals surface area (Å²) in [6, 6.07) is 4.28. The number of hydrogen-bond acceptors (Lipinski definition) is 5. The van der Waals surface area contributed by atoms with Crippen LogP contribution in [0.25, 0.3) is 0 Å². The van der Waals surface area contributed by atoms with Crippen LogP contribution in [0.15, 0.2) is 23.3 Å². The van der Waals surface area contributed by atoms with Gasteiger partial charge in [0.25, 0.3) is 0 Å². The molecule has 0 spiro atoms. The van der Waals surface area contributed by atoms with Crippen molar-refractivity contribution in [1.29, 1.82) is 0 Å². The third-order valence-corrected chi connectivity index (χ3v) is 5.35. The van der Waals surface area contributed by atoms with Crippen molar-refractivity contribution in [3.05, 3.63) is 23.9 Å². The van der Waals surface area contributed by atoms with Crippen molar-refractivity contribution in [3.8, 4) is 0 Å². The first-order chi connectivity index (χ1) is 14.1. The van der Waals surface area contributed by atoms with Crippen LogP contribution in [0.1, 0.15) is 38.7 Å². The summed E-state index contributed by atoms with van der Waals surface area (Å²) in [7, 11) is 3.88. The zero-order valence-electron chi connectivity index (χ0n) is 19.2. The van der Waals surface area contributed by atoms with E-state index in [0.717, 1.165) is 75.6 Å². The molecule has 1 aromatic heterocycles. The zero-order valence-corrected chi connectivity index (χ0v) is 21.5. The lowest BCUT2D eigenvalue weighted by Crippen LogP contribution is -2.41. The predicted octanol–water partition coefficient (Wildman–Crippen LogP) is 2.96. The molecule has 0 radical (unpaired) electrons. The van der Waals surface area contributed by atoms with Crippen molar-refractivity contribution in [2.75, 3.05) is 64.9 Å². The lowest BCUT2D eigenvalue weighted by molar-refractivity contribution is 0.180. The zero-order chi connectivity index (χ0) is 20.9. The molecule has 8 heteroatoms. The third-order valence-electron chi connectivity index (χ3n) is 5.35. The number of hydrogen-bond donors (Lipinski definition) is 2. The fraction of sp³-hybridized carbons (Fsp3) is 0.727. The van der Waals surface area contributed by atoms with Gasteiger partial charge in [0.05, 0.1) is 6.54 Å². The number of anilines is 1. The molecule has 1 fully saturated rings. The van der Waals surface area contributed by atoms with Crippen LogP contribution in [0.4, 0.5) is 5.82 Å². The fourth-order valence-electron chi connectivity index (χ4n) is 3.40. The molecule has 172 valence electrons. The van der Waals surface area contributed by atoms with Gasteiger partial charge >= 0.3 is 0 Å². The Hall–Kier alpha value is -1.13. The quantitative estimate of drug-likeness (QED) is 0.198. The number of piperidine rings is 1. The number of pyridine rings is 1. The number of nitrogens with one attached hydrogen (secondary N) is 2. The Morgan fingerprint density at radius 1 is 1.27 bits per heavy atom. The van der Waals surface area contributed by atoms with E-state index in [2.05, 4.69) is 58.4 Å². The standard InChI is InChI=1S/C22H40N6O.HI/c1-5-23-22(24-11-15-27(3)12-6-16-29-4)26-18-20-7-8-21(25-17-20)28-13-9-19(2)10-14-28;/h7-8,17,19H,5-6,9-16,18H2,1-4H3,(H2,23,24,26);1H. The van der Waals surface area contributed by atoms with E-state index in [0.29, 0.717) is 6.54 Å². The van der Waals surface area contributed by atoms with Crippen LogP contribution in [0.3, 0.4) is 0 Å². The highest BCUT2D eigenvalue weighted by Gasteiger charge is 2.16. The van der Waals surface area contributed by atoms with Crippen LogP contribution in [0.5, 0.6) is 0 Å². The van der Waals surface area contributed by atoms with Gasteiger partial charge in [-0.15, -0.1) is 24.0 Å². The Morgan fingerprint density at radius 2 is 2.03 bits per heavy atom. The van der Waals surface area contributed by atoms with E-state index >= 15 is 0 Å². The van der Waals surface area contributed by atoms with Gasteiger partial charge in [0, 0.05) is 59.2 Å². The molecule has 1 aliphatic rings. The Morgan fingerprint density at radius 3 is 2.67 bits per heavy atom. The molecule has 2 rings (SSSR count). The van der Waals surface area contributed by atoms with E-state index < -0.39 is 0 Å². The molecule has 30 heavy (non-hydrogen) atoms. The summed E-state index contributed by atoms with van der Waals surface area (Å²) in [5.74, 6) is 2.78. The molecular formula is C22H41IN6O. The van der Waals surface area contributed by atoms with Gasteiger partial charge in [-0.2, -0.15) is 0 Å². The number of nitrogens with zero attached hydrogens (tertiary/aromatic N) is 4. The van der Waals surface area contributed by atoms with Gasteiger partial charge < -0.3 is 25.2 Å². The van der Waals surface area contributed by atoms with Crippen LogP contribution in [0.2, 0.25) is 0 Å². The highest BCUT2D eigenvalue weighted by molar-refractivity contribution is 14.0. The second-order valence-electron chi connectivity index (χ2n) is 7.97. The average molecular weight is 533 g/mol. The number of rotatable bonds is 11. The number of ether oxygens (including phenoxy) is 1. The summed E-state index contributed by atoms with van der Waals surface area (Å²) in [6.45, 7) is 11.8.